The molecular weight excluding hydrogens is 431 g/mol. The van der Waals surface area contributed by atoms with Gasteiger partial charge in [0.15, 0.2) is 5.96 Å². The molecule has 9 heteroatoms. The van der Waals surface area contributed by atoms with E-state index in [1.54, 1.807) is 0 Å². The Kier molecular flexibility index (Phi) is 13.1. The van der Waals surface area contributed by atoms with Crippen LogP contribution in [-0.4, -0.2) is 52.5 Å². The molecule has 7 nitrogen and oxygen atoms in total. The summed E-state index contributed by atoms with van der Waals surface area (Å²) in [6.45, 7) is 4.06. The molecule has 4 N–H and O–H groups in total. The molecule has 0 saturated heterocycles. The highest BCUT2D eigenvalue weighted by Crippen LogP contribution is 2.19. The van der Waals surface area contributed by atoms with E-state index in [1.807, 2.05) is 6.92 Å². The maximum absolute atomic E-state index is 10.9. The summed E-state index contributed by atoms with van der Waals surface area (Å²) in [5, 5.41) is 11.0. The lowest BCUT2D eigenvalue weighted by atomic mass is 10.1. The van der Waals surface area contributed by atoms with Crippen LogP contribution in [0.2, 0.25) is 0 Å². The lowest BCUT2D eigenvalue weighted by molar-refractivity contribution is 0.0487. The molecule has 1 saturated carbocycles. The third-order valence-electron chi connectivity index (χ3n) is 3.54. The Morgan fingerprint density at radius 2 is 1.87 bits per heavy atom. The van der Waals surface area contributed by atoms with Crippen molar-refractivity contribution in [2.24, 2.45) is 10.1 Å². The summed E-state index contributed by atoms with van der Waals surface area (Å²) in [4.78, 5) is 4.37. The lowest BCUT2D eigenvalue weighted by Gasteiger charge is -2.15. The standard InChI is InChI=1S/C14H30N4O3S.HI/c1-2-16-14(18-10-12-22(15,19)20)17-9-11-21-13-7-5-3-4-6-8-13;/h13H,2-12H2,1H3,(H2,15,19,20)(H2,16,17,18);1H. The van der Waals surface area contributed by atoms with Gasteiger partial charge in [-0.2, -0.15) is 0 Å². The third-order valence-corrected chi connectivity index (χ3v) is 4.31. The van der Waals surface area contributed by atoms with Crippen LogP contribution in [0.15, 0.2) is 4.99 Å². The first-order chi connectivity index (χ1) is 10.5. The molecule has 0 aliphatic heterocycles. The molecule has 1 fully saturated rings. The van der Waals surface area contributed by atoms with E-state index < -0.39 is 10.0 Å². The Bertz CT molecular complexity index is 424. The summed E-state index contributed by atoms with van der Waals surface area (Å²) in [5.74, 6) is 0.478. The second-order valence-corrected chi connectivity index (χ2v) is 7.27. The first-order valence-electron chi connectivity index (χ1n) is 8.15. The number of guanidine groups is 1. The highest BCUT2D eigenvalue weighted by atomic mass is 127. The van der Waals surface area contributed by atoms with Crippen LogP contribution >= 0.6 is 24.0 Å². The molecular formula is C14H31IN4O3S. The Morgan fingerprint density at radius 3 is 2.43 bits per heavy atom. The maximum Gasteiger partial charge on any atom is 0.210 e. The largest absolute Gasteiger partial charge is 0.376 e. The van der Waals surface area contributed by atoms with Gasteiger partial charge in [-0.15, -0.1) is 24.0 Å². The maximum atomic E-state index is 10.9. The van der Waals surface area contributed by atoms with Crippen molar-refractivity contribution in [3.8, 4) is 0 Å². The fourth-order valence-corrected chi connectivity index (χ4v) is 2.83. The Hall–Kier alpha value is -0.130. The molecule has 0 atom stereocenters. The average molecular weight is 462 g/mol. The first-order valence-corrected chi connectivity index (χ1v) is 9.87. The van der Waals surface area contributed by atoms with Crippen molar-refractivity contribution in [3.05, 3.63) is 0 Å². The minimum atomic E-state index is -3.45. The number of sulfonamides is 1. The predicted molar refractivity (Wildman–Crippen MR) is 105 cm³/mol. The number of rotatable bonds is 8. The number of nitrogens with two attached hydrogens (primary N) is 1. The van der Waals surface area contributed by atoms with Crippen LogP contribution < -0.4 is 15.8 Å². The summed E-state index contributed by atoms with van der Waals surface area (Å²) in [5.41, 5.74) is 0. The van der Waals surface area contributed by atoms with E-state index >= 15 is 0 Å². The van der Waals surface area contributed by atoms with Crippen LogP contribution in [0.1, 0.15) is 45.4 Å². The summed E-state index contributed by atoms with van der Waals surface area (Å²) in [6.07, 6.45) is 7.81. The normalized spacial score (nSPS) is 17.2. The van der Waals surface area contributed by atoms with E-state index in [0.717, 1.165) is 12.8 Å². The van der Waals surface area contributed by atoms with Crippen LogP contribution in [0.25, 0.3) is 0 Å². The third kappa shape index (κ3) is 12.9. The average Bonchev–Trinajstić information content (AvgIpc) is 2.71. The van der Waals surface area contributed by atoms with Crippen molar-refractivity contribution in [2.75, 3.05) is 32.0 Å². The van der Waals surface area contributed by atoms with Gasteiger partial charge in [0.1, 0.15) is 0 Å². The van der Waals surface area contributed by atoms with Crippen molar-refractivity contribution in [2.45, 2.75) is 51.6 Å². The number of halogens is 1. The van der Waals surface area contributed by atoms with Crippen LogP contribution in [0.3, 0.4) is 0 Å². The molecule has 0 radical (unpaired) electrons. The van der Waals surface area contributed by atoms with Gasteiger partial charge in [0.2, 0.25) is 10.0 Å². The molecule has 0 heterocycles. The van der Waals surface area contributed by atoms with Crippen LogP contribution in [0, 0.1) is 0 Å². The fourth-order valence-electron chi connectivity index (χ4n) is 2.44. The van der Waals surface area contributed by atoms with E-state index in [4.69, 9.17) is 9.88 Å². The van der Waals surface area contributed by atoms with E-state index in [0.29, 0.717) is 31.8 Å². The molecule has 23 heavy (non-hydrogen) atoms. The number of hydrogen-bond acceptors (Lipinski definition) is 4. The van der Waals surface area contributed by atoms with E-state index in [9.17, 15) is 8.42 Å². The minimum absolute atomic E-state index is 0. The SMILES string of the molecule is CCNC(=NCCOC1CCCCCC1)NCCS(N)(=O)=O.I. The van der Waals surface area contributed by atoms with Gasteiger partial charge in [0, 0.05) is 13.1 Å². The molecule has 0 bridgehead atoms. The van der Waals surface area contributed by atoms with Crippen LogP contribution in [-0.2, 0) is 14.8 Å². The molecule has 0 amide bonds. The van der Waals surface area contributed by atoms with E-state index in [1.165, 1.54) is 25.7 Å². The number of primary sulfonamides is 1. The van der Waals surface area contributed by atoms with Gasteiger partial charge >= 0.3 is 0 Å². The van der Waals surface area contributed by atoms with Crippen LogP contribution in [0.5, 0.6) is 0 Å². The Balaban J connectivity index is 0.00000484. The Labute approximate surface area is 157 Å². The van der Waals surface area contributed by atoms with Crippen molar-refractivity contribution < 1.29 is 13.2 Å². The zero-order valence-electron chi connectivity index (χ0n) is 13.9. The molecule has 0 aromatic rings. The predicted octanol–water partition coefficient (Wildman–Crippen LogP) is 1.19. The minimum Gasteiger partial charge on any atom is -0.376 e. The first kappa shape index (κ1) is 22.9. The van der Waals surface area contributed by atoms with Crippen molar-refractivity contribution >= 4 is 40.0 Å². The fraction of sp³-hybridized carbons (Fsp3) is 0.929. The van der Waals surface area contributed by atoms with E-state index in [2.05, 4.69) is 15.6 Å². The van der Waals surface area contributed by atoms with Gasteiger partial charge in [0.25, 0.3) is 0 Å². The molecule has 1 aliphatic rings. The summed E-state index contributed by atoms with van der Waals surface area (Å²) in [6, 6.07) is 0. The Morgan fingerprint density at radius 1 is 1.22 bits per heavy atom. The number of nitrogens with one attached hydrogen (secondary N) is 2. The van der Waals surface area contributed by atoms with Crippen LogP contribution in [0.4, 0.5) is 0 Å². The summed E-state index contributed by atoms with van der Waals surface area (Å²) < 4.78 is 27.7. The smallest absolute Gasteiger partial charge is 0.210 e. The van der Waals surface area contributed by atoms with Gasteiger partial charge in [0.05, 0.1) is 25.0 Å². The molecule has 0 unspecified atom stereocenters. The van der Waals surface area contributed by atoms with Gasteiger partial charge in [-0.25, -0.2) is 13.6 Å². The number of aliphatic imine (C=N–C) groups is 1. The van der Waals surface area contributed by atoms with E-state index in [-0.39, 0.29) is 36.3 Å². The molecule has 0 aromatic heterocycles. The quantitative estimate of drug-likeness (QED) is 0.165. The zero-order chi connectivity index (χ0) is 16.3. The molecule has 138 valence electrons. The number of ether oxygens (including phenoxy) is 1. The second-order valence-electron chi connectivity index (χ2n) is 5.54. The van der Waals surface area contributed by atoms with Gasteiger partial charge in [-0.05, 0) is 19.8 Å². The second kappa shape index (κ2) is 13.2. The van der Waals surface area contributed by atoms with Crippen molar-refractivity contribution in [1.29, 1.82) is 0 Å². The van der Waals surface area contributed by atoms with Gasteiger partial charge < -0.3 is 15.4 Å². The molecule has 0 spiro atoms. The molecule has 1 rings (SSSR count). The monoisotopic (exact) mass is 462 g/mol. The lowest BCUT2D eigenvalue weighted by Crippen LogP contribution is -2.40. The molecule has 1 aliphatic carbocycles. The van der Waals surface area contributed by atoms with Gasteiger partial charge in [-0.3, -0.25) is 4.99 Å². The topological polar surface area (TPSA) is 106 Å². The summed E-state index contributed by atoms with van der Waals surface area (Å²) in [7, 11) is -3.45. The zero-order valence-corrected chi connectivity index (χ0v) is 17.1. The highest BCUT2D eigenvalue weighted by Gasteiger charge is 2.12. The number of hydrogen-bond donors (Lipinski definition) is 3. The number of nitrogens with zero attached hydrogens (tertiary/aromatic N) is 1. The van der Waals surface area contributed by atoms with Gasteiger partial charge in [-0.1, -0.05) is 25.7 Å². The summed E-state index contributed by atoms with van der Waals surface area (Å²) >= 11 is 0. The van der Waals surface area contributed by atoms with Crippen molar-refractivity contribution in [1.82, 2.24) is 10.6 Å². The van der Waals surface area contributed by atoms with Crippen molar-refractivity contribution in [3.63, 3.8) is 0 Å². The highest BCUT2D eigenvalue weighted by molar-refractivity contribution is 14.0. The molecule has 0 aromatic carbocycles.